The Bertz CT molecular complexity index is 1640. The number of nitrogens with zero attached hydrogens (tertiary/aromatic N) is 3. The Hall–Kier alpha value is -4.41. The molecule has 0 aliphatic carbocycles. The van der Waals surface area contributed by atoms with Crippen molar-refractivity contribution in [2.24, 2.45) is 5.10 Å². The van der Waals surface area contributed by atoms with Gasteiger partial charge in [-0.05, 0) is 34.5 Å². The first-order chi connectivity index (χ1) is 18.6. The summed E-state index contributed by atoms with van der Waals surface area (Å²) in [5, 5.41) is 17.2. The Morgan fingerprint density at radius 1 is 0.921 bits per heavy atom. The zero-order chi connectivity index (χ0) is 26.3. The maximum Gasteiger partial charge on any atom is 0.329 e. The summed E-state index contributed by atoms with van der Waals surface area (Å²) in [6.45, 7) is 0.347. The smallest absolute Gasteiger partial charge is 0.329 e. The van der Waals surface area contributed by atoms with Crippen LogP contribution in [-0.4, -0.2) is 28.2 Å². The summed E-state index contributed by atoms with van der Waals surface area (Å²) in [6.07, 6.45) is 1.47. The van der Waals surface area contributed by atoms with Gasteiger partial charge in [-0.1, -0.05) is 100 Å². The third-order valence-electron chi connectivity index (χ3n) is 5.45. The predicted octanol–water partition coefficient (Wildman–Crippen LogP) is 5.79. The molecule has 2 N–H and O–H groups in total. The van der Waals surface area contributed by atoms with Crippen molar-refractivity contribution in [2.45, 2.75) is 6.61 Å². The first-order valence-corrected chi connectivity index (χ1v) is 13.1. The molecule has 0 aliphatic rings. The van der Waals surface area contributed by atoms with Gasteiger partial charge in [-0.2, -0.15) is 5.10 Å². The summed E-state index contributed by atoms with van der Waals surface area (Å²) in [4.78, 5) is 24.8. The summed E-state index contributed by atoms with van der Waals surface area (Å²) < 4.78 is 7.05. The van der Waals surface area contributed by atoms with Crippen LogP contribution in [0.4, 0.5) is 5.13 Å². The van der Waals surface area contributed by atoms with Crippen LogP contribution < -0.4 is 15.5 Å². The lowest BCUT2D eigenvalue weighted by Crippen LogP contribution is -2.32. The van der Waals surface area contributed by atoms with Gasteiger partial charge in [-0.3, -0.25) is 14.9 Å². The fourth-order valence-electron chi connectivity index (χ4n) is 3.65. The van der Waals surface area contributed by atoms with E-state index in [-0.39, 0.29) is 5.13 Å². The molecule has 0 saturated heterocycles. The average Bonchev–Trinajstić information content (AvgIpc) is 3.41. The third kappa shape index (κ3) is 6.10. The van der Waals surface area contributed by atoms with Crippen LogP contribution in [0.1, 0.15) is 11.1 Å². The first-order valence-electron chi connectivity index (χ1n) is 11.5. The van der Waals surface area contributed by atoms with E-state index in [0.717, 1.165) is 26.4 Å². The standard InChI is InChI=1S/C28H20BrN5O3S/c29-21-11-6-7-18(15-21)17-37-24-14-13-19-8-4-5-12-22(19)23(24)16-30-32-26(36)25(35)31-28-34-33-27(38-28)20-9-2-1-3-10-20/h1-16H,17H2,(H,32,36)(H,31,34,35). The van der Waals surface area contributed by atoms with E-state index in [0.29, 0.717) is 22.9 Å². The first kappa shape index (κ1) is 25.2. The number of hydrogen-bond donors (Lipinski definition) is 2. The number of halogens is 1. The van der Waals surface area contributed by atoms with Gasteiger partial charge in [-0.25, -0.2) is 5.43 Å². The molecule has 0 atom stereocenters. The zero-order valence-electron chi connectivity index (χ0n) is 19.8. The number of hydrazone groups is 1. The number of carbonyl (C=O) groups excluding carboxylic acids is 2. The van der Waals surface area contributed by atoms with Crippen LogP contribution in [0.25, 0.3) is 21.3 Å². The SMILES string of the molecule is O=C(NN=Cc1c(OCc2cccc(Br)c2)ccc2ccccc12)C(=O)Nc1nnc(-c2ccccc2)s1. The molecule has 0 unspecified atom stereocenters. The molecule has 2 amide bonds. The van der Waals surface area contributed by atoms with Gasteiger partial charge in [0, 0.05) is 15.6 Å². The highest BCUT2D eigenvalue weighted by atomic mass is 79.9. The second-order valence-corrected chi connectivity index (χ2v) is 9.94. The van der Waals surface area contributed by atoms with Gasteiger partial charge in [0.2, 0.25) is 5.13 Å². The number of nitrogens with one attached hydrogen (secondary N) is 2. The molecule has 38 heavy (non-hydrogen) atoms. The highest BCUT2D eigenvalue weighted by Crippen LogP contribution is 2.28. The van der Waals surface area contributed by atoms with Crippen molar-refractivity contribution in [1.29, 1.82) is 0 Å². The maximum atomic E-state index is 12.4. The minimum absolute atomic E-state index is 0.213. The van der Waals surface area contributed by atoms with E-state index in [4.69, 9.17) is 4.74 Å². The average molecular weight is 586 g/mol. The molecule has 0 aliphatic heterocycles. The van der Waals surface area contributed by atoms with Crippen molar-refractivity contribution >= 4 is 61.2 Å². The van der Waals surface area contributed by atoms with Crippen molar-refractivity contribution < 1.29 is 14.3 Å². The molecule has 4 aromatic carbocycles. The van der Waals surface area contributed by atoms with Gasteiger partial charge in [0.15, 0.2) is 0 Å². The lowest BCUT2D eigenvalue weighted by Gasteiger charge is -2.12. The number of carbonyl (C=O) groups is 2. The Kier molecular flexibility index (Phi) is 7.81. The van der Waals surface area contributed by atoms with Gasteiger partial charge in [0.1, 0.15) is 17.4 Å². The minimum atomic E-state index is -0.936. The molecule has 0 fully saturated rings. The number of amides is 2. The number of benzene rings is 4. The number of aromatic nitrogens is 2. The van der Waals surface area contributed by atoms with E-state index in [2.05, 4.69) is 42.0 Å². The number of fused-ring (bicyclic) bond motifs is 1. The number of rotatable bonds is 7. The fraction of sp³-hybridized carbons (Fsp3) is 0.0357. The third-order valence-corrected chi connectivity index (χ3v) is 6.83. The Morgan fingerprint density at radius 2 is 1.74 bits per heavy atom. The van der Waals surface area contributed by atoms with Crippen LogP contribution >= 0.6 is 27.3 Å². The van der Waals surface area contributed by atoms with Crippen molar-refractivity contribution in [1.82, 2.24) is 15.6 Å². The number of anilines is 1. The normalized spacial score (nSPS) is 11.0. The molecule has 0 bridgehead atoms. The highest BCUT2D eigenvalue weighted by Gasteiger charge is 2.16. The highest BCUT2D eigenvalue weighted by molar-refractivity contribution is 9.10. The fourth-order valence-corrected chi connectivity index (χ4v) is 4.84. The lowest BCUT2D eigenvalue weighted by molar-refractivity contribution is -0.136. The number of hydrogen-bond acceptors (Lipinski definition) is 7. The summed E-state index contributed by atoms with van der Waals surface area (Å²) in [5.74, 6) is -1.25. The van der Waals surface area contributed by atoms with Crippen LogP contribution in [0.15, 0.2) is 101 Å². The van der Waals surface area contributed by atoms with Crippen LogP contribution in [0, 0.1) is 0 Å². The largest absolute Gasteiger partial charge is 0.488 e. The van der Waals surface area contributed by atoms with Crippen molar-refractivity contribution in [3.05, 3.63) is 107 Å². The Labute approximate surface area is 230 Å². The molecule has 5 rings (SSSR count). The topological polar surface area (TPSA) is 106 Å². The van der Waals surface area contributed by atoms with Crippen molar-refractivity contribution in [3.8, 4) is 16.3 Å². The van der Waals surface area contributed by atoms with Crippen LogP contribution in [0.5, 0.6) is 5.75 Å². The Balaban J connectivity index is 1.27. The van der Waals surface area contributed by atoms with Gasteiger partial charge in [-0.15, -0.1) is 10.2 Å². The summed E-state index contributed by atoms with van der Waals surface area (Å²) >= 11 is 4.64. The maximum absolute atomic E-state index is 12.4. The van der Waals surface area contributed by atoms with Gasteiger partial charge in [0.05, 0.1) is 6.21 Å². The monoisotopic (exact) mass is 585 g/mol. The predicted molar refractivity (Wildman–Crippen MR) is 152 cm³/mol. The number of ether oxygens (including phenoxy) is 1. The summed E-state index contributed by atoms with van der Waals surface area (Å²) in [5.41, 5.74) is 4.81. The molecule has 0 saturated carbocycles. The van der Waals surface area contributed by atoms with Gasteiger partial charge < -0.3 is 4.74 Å². The minimum Gasteiger partial charge on any atom is -0.488 e. The Morgan fingerprint density at radius 3 is 2.58 bits per heavy atom. The van der Waals surface area contributed by atoms with Crippen molar-refractivity contribution in [2.75, 3.05) is 5.32 Å². The lowest BCUT2D eigenvalue weighted by atomic mass is 10.0. The second kappa shape index (κ2) is 11.8. The van der Waals surface area contributed by atoms with E-state index in [9.17, 15) is 9.59 Å². The summed E-state index contributed by atoms with van der Waals surface area (Å²) in [6, 6.07) is 28.9. The van der Waals surface area contributed by atoms with Crippen LogP contribution in [-0.2, 0) is 16.2 Å². The van der Waals surface area contributed by atoms with Crippen LogP contribution in [0.3, 0.4) is 0 Å². The van der Waals surface area contributed by atoms with E-state index in [1.165, 1.54) is 17.6 Å². The molecule has 0 spiro atoms. The van der Waals surface area contributed by atoms with E-state index in [1.807, 2.05) is 91.0 Å². The molecular weight excluding hydrogens is 566 g/mol. The molecular formula is C28H20BrN5O3S. The zero-order valence-corrected chi connectivity index (χ0v) is 22.2. The molecule has 0 radical (unpaired) electrons. The second-order valence-electron chi connectivity index (χ2n) is 8.05. The summed E-state index contributed by atoms with van der Waals surface area (Å²) in [7, 11) is 0. The van der Waals surface area contributed by atoms with Crippen LogP contribution in [0.2, 0.25) is 0 Å². The quantitative estimate of drug-likeness (QED) is 0.143. The van der Waals surface area contributed by atoms with E-state index < -0.39 is 11.8 Å². The van der Waals surface area contributed by atoms with E-state index in [1.54, 1.807) is 0 Å². The van der Waals surface area contributed by atoms with Gasteiger partial charge >= 0.3 is 11.8 Å². The van der Waals surface area contributed by atoms with Gasteiger partial charge in [0.25, 0.3) is 0 Å². The molecule has 10 heteroatoms. The molecule has 8 nitrogen and oxygen atoms in total. The van der Waals surface area contributed by atoms with Crippen molar-refractivity contribution in [3.63, 3.8) is 0 Å². The molecule has 5 aromatic rings. The molecule has 1 heterocycles. The van der Waals surface area contributed by atoms with E-state index >= 15 is 0 Å². The molecule has 1 aromatic heterocycles. The molecule has 188 valence electrons.